The minimum absolute atomic E-state index is 0.192. The van der Waals surface area contributed by atoms with Gasteiger partial charge in [-0.1, -0.05) is 29.8 Å². The molecule has 0 unspecified atom stereocenters. The molecule has 1 aromatic carbocycles. The van der Waals surface area contributed by atoms with Crippen LogP contribution in [0.5, 0.6) is 0 Å². The van der Waals surface area contributed by atoms with Gasteiger partial charge in [0.15, 0.2) is 0 Å². The summed E-state index contributed by atoms with van der Waals surface area (Å²) in [6.07, 6.45) is -4.49. The van der Waals surface area contributed by atoms with E-state index in [1.165, 1.54) is 0 Å². The summed E-state index contributed by atoms with van der Waals surface area (Å²) >= 11 is 0. The second kappa shape index (κ2) is 4.38. The van der Waals surface area contributed by atoms with Gasteiger partial charge in [-0.05, 0) is 12.5 Å². The van der Waals surface area contributed by atoms with Crippen LogP contribution in [0.25, 0.3) is 5.70 Å². The van der Waals surface area contributed by atoms with E-state index in [4.69, 9.17) is 5.73 Å². The topological polar surface area (TPSA) is 43.1 Å². The standard InChI is InChI=1S/C11H10F3NO/c1-7-2-4-8(5-3-7)9(15)6-10(16)11(12,13)14/h2-6H,15H2,1H3. The molecule has 5 heteroatoms. The summed E-state index contributed by atoms with van der Waals surface area (Å²) in [6.45, 7) is 1.84. The maximum absolute atomic E-state index is 11.9. The highest BCUT2D eigenvalue weighted by atomic mass is 19.4. The van der Waals surface area contributed by atoms with Crippen LogP contribution in [-0.4, -0.2) is 12.0 Å². The molecule has 1 aromatic rings. The van der Waals surface area contributed by atoms with Gasteiger partial charge in [0.2, 0.25) is 0 Å². The third-order valence-corrected chi connectivity index (χ3v) is 1.95. The minimum atomic E-state index is -4.88. The average molecular weight is 229 g/mol. The number of ketones is 1. The third-order valence-electron chi connectivity index (χ3n) is 1.95. The van der Waals surface area contributed by atoms with Crippen molar-refractivity contribution in [2.45, 2.75) is 13.1 Å². The van der Waals surface area contributed by atoms with E-state index in [0.717, 1.165) is 5.56 Å². The predicted molar refractivity (Wildman–Crippen MR) is 54.4 cm³/mol. The number of allylic oxidation sites excluding steroid dienone is 1. The van der Waals surface area contributed by atoms with Crippen LogP contribution in [0.15, 0.2) is 30.3 Å². The van der Waals surface area contributed by atoms with Crippen LogP contribution in [0.2, 0.25) is 0 Å². The van der Waals surface area contributed by atoms with E-state index in [9.17, 15) is 18.0 Å². The SMILES string of the molecule is Cc1ccc(C(N)=CC(=O)C(F)(F)F)cc1. The highest BCUT2D eigenvalue weighted by Gasteiger charge is 2.36. The molecule has 0 saturated carbocycles. The number of carbonyl (C=O) groups excluding carboxylic acids is 1. The number of benzene rings is 1. The van der Waals surface area contributed by atoms with E-state index < -0.39 is 12.0 Å². The molecule has 86 valence electrons. The number of aryl methyl sites for hydroxylation is 1. The smallest absolute Gasteiger partial charge is 0.398 e. The normalized spacial score (nSPS) is 12.6. The summed E-state index contributed by atoms with van der Waals surface area (Å²) < 4.78 is 35.8. The Bertz CT molecular complexity index is 418. The second-order valence-corrected chi connectivity index (χ2v) is 3.33. The Morgan fingerprint density at radius 1 is 1.25 bits per heavy atom. The number of alkyl halides is 3. The predicted octanol–water partition coefficient (Wildman–Crippen LogP) is 2.43. The summed E-state index contributed by atoms with van der Waals surface area (Å²) in [7, 11) is 0. The number of nitrogens with two attached hydrogens (primary N) is 1. The molecule has 0 spiro atoms. The van der Waals surface area contributed by atoms with Gasteiger partial charge in [-0.3, -0.25) is 4.79 Å². The zero-order valence-corrected chi connectivity index (χ0v) is 8.51. The van der Waals surface area contributed by atoms with Crippen LogP contribution < -0.4 is 5.73 Å². The second-order valence-electron chi connectivity index (χ2n) is 3.33. The first-order valence-corrected chi connectivity index (χ1v) is 4.46. The van der Waals surface area contributed by atoms with Gasteiger partial charge in [0.1, 0.15) is 0 Å². The lowest BCUT2D eigenvalue weighted by Gasteiger charge is -2.04. The highest BCUT2D eigenvalue weighted by Crippen LogP contribution is 2.19. The lowest BCUT2D eigenvalue weighted by molar-refractivity contribution is -0.165. The zero-order valence-electron chi connectivity index (χ0n) is 8.51. The lowest BCUT2D eigenvalue weighted by Crippen LogP contribution is -2.21. The van der Waals surface area contributed by atoms with Gasteiger partial charge in [-0.25, -0.2) is 0 Å². The largest absolute Gasteiger partial charge is 0.454 e. The molecule has 0 heterocycles. The summed E-state index contributed by atoms with van der Waals surface area (Å²) in [5.41, 5.74) is 6.54. The number of hydrogen-bond donors (Lipinski definition) is 1. The number of rotatable bonds is 2. The average Bonchev–Trinajstić information content (AvgIpc) is 2.17. The molecule has 0 fully saturated rings. The van der Waals surface area contributed by atoms with Crippen LogP contribution in [0.3, 0.4) is 0 Å². The lowest BCUT2D eigenvalue weighted by atomic mass is 10.1. The van der Waals surface area contributed by atoms with E-state index in [0.29, 0.717) is 11.6 Å². The van der Waals surface area contributed by atoms with Crippen LogP contribution in [0.1, 0.15) is 11.1 Å². The maximum atomic E-state index is 11.9. The van der Waals surface area contributed by atoms with E-state index in [1.807, 2.05) is 6.92 Å². The number of carbonyl (C=O) groups is 1. The molecule has 2 nitrogen and oxygen atoms in total. The van der Waals surface area contributed by atoms with Gasteiger partial charge in [0, 0.05) is 11.8 Å². The van der Waals surface area contributed by atoms with Crippen molar-refractivity contribution in [1.29, 1.82) is 0 Å². The van der Waals surface area contributed by atoms with E-state index >= 15 is 0 Å². The molecule has 0 amide bonds. The van der Waals surface area contributed by atoms with Gasteiger partial charge >= 0.3 is 6.18 Å². The Hall–Kier alpha value is -1.78. The Morgan fingerprint density at radius 3 is 2.19 bits per heavy atom. The minimum Gasteiger partial charge on any atom is -0.398 e. The van der Waals surface area contributed by atoms with Crippen molar-refractivity contribution in [3.8, 4) is 0 Å². The number of halogens is 3. The zero-order chi connectivity index (χ0) is 12.3. The first-order valence-electron chi connectivity index (χ1n) is 4.46. The van der Waals surface area contributed by atoms with Gasteiger partial charge in [-0.15, -0.1) is 0 Å². The van der Waals surface area contributed by atoms with Crippen LogP contribution in [0.4, 0.5) is 13.2 Å². The highest BCUT2D eigenvalue weighted by molar-refractivity contribution is 5.99. The van der Waals surface area contributed by atoms with Crippen molar-refractivity contribution < 1.29 is 18.0 Å². The molecule has 0 atom stereocenters. The molecule has 0 aliphatic rings. The van der Waals surface area contributed by atoms with E-state index in [2.05, 4.69) is 0 Å². The van der Waals surface area contributed by atoms with Gasteiger partial charge in [0.25, 0.3) is 5.78 Å². The fourth-order valence-corrected chi connectivity index (χ4v) is 1.05. The Kier molecular flexibility index (Phi) is 3.37. The summed E-state index contributed by atoms with van der Waals surface area (Å²) in [5, 5.41) is 0. The molecule has 0 radical (unpaired) electrons. The van der Waals surface area contributed by atoms with Crippen molar-refractivity contribution >= 4 is 11.5 Å². The number of hydrogen-bond acceptors (Lipinski definition) is 2. The van der Waals surface area contributed by atoms with Crippen molar-refractivity contribution in [1.82, 2.24) is 0 Å². The van der Waals surface area contributed by atoms with Crippen molar-refractivity contribution in [2.24, 2.45) is 5.73 Å². The van der Waals surface area contributed by atoms with Gasteiger partial charge in [0.05, 0.1) is 0 Å². The third kappa shape index (κ3) is 3.12. The molecule has 0 aromatic heterocycles. The molecule has 16 heavy (non-hydrogen) atoms. The molecule has 1 rings (SSSR count). The fourth-order valence-electron chi connectivity index (χ4n) is 1.05. The van der Waals surface area contributed by atoms with Crippen LogP contribution >= 0.6 is 0 Å². The van der Waals surface area contributed by atoms with Crippen molar-refractivity contribution in [3.63, 3.8) is 0 Å². The van der Waals surface area contributed by atoms with Crippen molar-refractivity contribution in [2.75, 3.05) is 0 Å². The van der Waals surface area contributed by atoms with E-state index in [-0.39, 0.29) is 5.70 Å². The first-order chi connectivity index (χ1) is 7.30. The van der Waals surface area contributed by atoms with Crippen LogP contribution in [0, 0.1) is 6.92 Å². The van der Waals surface area contributed by atoms with Crippen molar-refractivity contribution in [3.05, 3.63) is 41.5 Å². The van der Waals surface area contributed by atoms with Gasteiger partial charge in [-0.2, -0.15) is 13.2 Å². The first kappa shape index (κ1) is 12.3. The quantitative estimate of drug-likeness (QED) is 0.791. The molecule has 0 bridgehead atoms. The fraction of sp³-hybridized carbons (Fsp3) is 0.182. The molecule has 0 aliphatic heterocycles. The Labute approximate surface area is 90.6 Å². The molecular formula is C11H10F3NO. The van der Waals surface area contributed by atoms with Crippen LogP contribution in [-0.2, 0) is 4.79 Å². The summed E-state index contributed by atoms with van der Waals surface area (Å²) in [5.74, 6) is -1.95. The van der Waals surface area contributed by atoms with Gasteiger partial charge < -0.3 is 5.73 Å². The summed E-state index contributed by atoms with van der Waals surface area (Å²) in [6, 6.07) is 6.53. The van der Waals surface area contributed by atoms with E-state index in [1.54, 1.807) is 24.3 Å². The monoisotopic (exact) mass is 229 g/mol. The molecular weight excluding hydrogens is 219 g/mol. The molecule has 0 saturated heterocycles. The molecule has 0 aliphatic carbocycles. The molecule has 2 N–H and O–H groups in total. The Balaban J connectivity index is 2.94. The maximum Gasteiger partial charge on any atom is 0.454 e. The summed E-state index contributed by atoms with van der Waals surface area (Å²) in [4.78, 5) is 10.6. The Morgan fingerprint density at radius 2 is 1.75 bits per heavy atom.